The van der Waals surface area contributed by atoms with Crippen molar-refractivity contribution in [1.82, 2.24) is 19.6 Å². The van der Waals surface area contributed by atoms with Crippen LogP contribution in [0.1, 0.15) is 0 Å². The van der Waals surface area contributed by atoms with Crippen LogP contribution in [0.2, 0.25) is 0 Å². The zero-order valence-electron chi connectivity index (χ0n) is 12.3. The van der Waals surface area contributed by atoms with Gasteiger partial charge in [0.25, 0.3) is 0 Å². The van der Waals surface area contributed by atoms with Gasteiger partial charge in [-0.2, -0.15) is 0 Å². The minimum Gasteiger partial charge on any atom is -0.360 e. The molecule has 0 amide bonds. The highest BCUT2D eigenvalue weighted by Gasteiger charge is 2.12. The van der Waals surface area contributed by atoms with Crippen LogP contribution in [0, 0.1) is 0 Å². The molecule has 4 heteroatoms. The highest BCUT2D eigenvalue weighted by Crippen LogP contribution is 2.29. The van der Waals surface area contributed by atoms with Gasteiger partial charge >= 0.3 is 0 Å². The number of benzene rings is 2. The molecule has 110 valence electrons. The van der Waals surface area contributed by atoms with Gasteiger partial charge in [-0.1, -0.05) is 48.5 Å². The molecule has 0 saturated heterocycles. The summed E-state index contributed by atoms with van der Waals surface area (Å²) in [5.41, 5.74) is 6.48. The lowest BCUT2D eigenvalue weighted by Gasteiger charge is -1.99. The van der Waals surface area contributed by atoms with E-state index in [0.29, 0.717) is 0 Å². The minimum absolute atomic E-state index is 0.920. The Morgan fingerprint density at radius 2 is 1.74 bits per heavy atom. The number of hydrogen-bond acceptors (Lipinski definition) is 1. The third-order valence-corrected chi connectivity index (χ3v) is 4.24. The number of para-hydroxylation sites is 1. The predicted molar refractivity (Wildman–Crippen MR) is 92.3 cm³/mol. The van der Waals surface area contributed by atoms with Crippen LogP contribution in [-0.4, -0.2) is 19.6 Å². The molecule has 0 fully saturated rings. The highest BCUT2D eigenvalue weighted by atomic mass is 15.3. The number of nitrogens with one attached hydrogen (secondary N) is 2. The van der Waals surface area contributed by atoms with Crippen molar-refractivity contribution < 1.29 is 0 Å². The fraction of sp³-hybridized carbons (Fsp3) is 0. The van der Waals surface area contributed by atoms with Crippen molar-refractivity contribution in [3.05, 3.63) is 73.1 Å². The Morgan fingerprint density at radius 3 is 2.65 bits per heavy atom. The Balaban J connectivity index is 1.71. The first-order chi connectivity index (χ1) is 11.4. The molecule has 3 heterocycles. The standard InChI is InChI=1S/C19H14N4/c1-2-6-13(7-3-1)18-12-21-19-10-17(22-23(18)19)15-11-20-16-9-5-4-8-14(15)16/h1-12,20,22H. The van der Waals surface area contributed by atoms with E-state index in [2.05, 4.69) is 51.5 Å². The van der Waals surface area contributed by atoms with Gasteiger partial charge in [-0.05, 0) is 6.07 Å². The number of nitrogens with zero attached hydrogens (tertiary/aromatic N) is 2. The van der Waals surface area contributed by atoms with Gasteiger partial charge in [0, 0.05) is 34.3 Å². The molecule has 0 bridgehead atoms. The quantitative estimate of drug-likeness (QED) is 0.496. The summed E-state index contributed by atoms with van der Waals surface area (Å²) < 4.78 is 2.03. The van der Waals surface area contributed by atoms with Crippen molar-refractivity contribution in [2.24, 2.45) is 0 Å². The number of aromatic amines is 2. The monoisotopic (exact) mass is 298 g/mol. The summed E-state index contributed by atoms with van der Waals surface area (Å²) in [6.07, 6.45) is 3.94. The second kappa shape index (κ2) is 4.61. The van der Waals surface area contributed by atoms with Crippen LogP contribution in [0.5, 0.6) is 0 Å². The maximum Gasteiger partial charge on any atom is 0.154 e. The lowest BCUT2D eigenvalue weighted by molar-refractivity contribution is 0.986. The van der Waals surface area contributed by atoms with E-state index in [0.717, 1.165) is 33.7 Å². The average molecular weight is 298 g/mol. The first-order valence-electron chi connectivity index (χ1n) is 7.58. The smallest absolute Gasteiger partial charge is 0.154 e. The van der Waals surface area contributed by atoms with Crippen molar-refractivity contribution in [2.45, 2.75) is 0 Å². The molecular weight excluding hydrogens is 284 g/mol. The van der Waals surface area contributed by atoms with E-state index in [1.807, 2.05) is 41.2 Å². The molecule has 0 unspecified atom stereocenters. The second-order valence-electron chi connectivity index (χ2n) is 5.62. The molecule has 0 radical (unpaired) electrons. The normalized spacial score (nSPS) is 11.5. The summed E-state index contributed by atoms with van der Waals surface area (Å²) in [5, 5.41) is 4.68. The van der Waals surface area contributed by atoms with Crippen LogP contribution in [0.4, 0.5) is 0 Å². The number of aromatic nitrogens is 4. The molecule has 0 aliphatic carbocycles. The number of H-pyrrole nitrogens is 2. The van der Waals surface area contributed by atoms with Crippen LogP contribution in [0.25, 0.3) is 39.1 Å². The summed E-state index contributed by atoms with van der Waals surface area (Å²) in [4.78, 5) is 7.85. The third-order valence-electron chi connectivity index (χ3n) is 4.24. The van der Waals surface area contributed by atoms with Gasteiger partial charge in [0.15, 0.2) is 5.65 Å². The largest absolute Gasteiger partial charge is 0.360 e. The van der Waals surface area contributed by atoms with Crippen LogP contribution in [0.15, 0.2) is 73.1 Å². The van der Waals surface area contributed by atoms with Crippen LogP contribution < -0.4 is 0 Å². The average Bonchev–Trinajstić information content (AvgIpc) is 3.28. The number of rotatable bonds is 2. The first-order valence-corrected chi connectivity index (χ1v) is 7.58. The number of hydrogen-bond donors (Lipinski definition) is 2. The van der Waals surface area contributed by atoms with Crippen molar-refractivity contribution in [3.63, 3.8) is 0 Å². The zero-order valence-corrected chi connectivity index (χ0v) is 12.3. The topological polar surface area (TPSA) is 48.9 Å². The molecular formula is C19H14N4. The molecule has 0 spiro atoms. The van der Waals surface area contributed by atoms with Crippen LogP contribution in [-0.2, 0) is 0 Å². The second-order valence-corrected chi connectivity index (χ2v) is 5.62. The Kier molecular flexibility index (Phi) is 2.46. The van der Waals surface area contributed by atoms with Gasteiger partial charge in [0.2, 0.25) is 0 Å². The minimum atomic E-state index is 0.920. The van der Waals surface area contributed by atoms with Crippen molar-refractivity contribution in [3.8, 4) is 22.5 Å². The first kappa shape index (κ1) is 12.3. The summed E-state index contributed by atoms with van der Waals surface area (Å²) in [7, 11) is 0. The molecule has 23 heavy (non-hydrogen) atoms. The predicted octanol–water partition coefficient (Wildman–Crippen LogP) is 4.48. The maximum absolute atomic E-state index is 4.53. The summed E-state index contributed by atoms with van der Waals surface area (Å²) in [6.45, 7) is 0. The SMILES string of the molecule is c1ccc(-c2cnc3cc(-c4c[nH]c5ccccc45)[nH]n23)cc1. The molecule has 5 rings (SSSR count). The molecule has 2 aromatic carbocycles. The molecule has 0 aliphatic rings. The number of imidazole rings is 1. The Labute approximate surface area is 132 Å². The molecule has 0 saturated carbocycles. The lowest BCUT2D eigenvalue weighted by atomic mass is 10.1. The van der Waals surface area contributed by atoms with Gasteiger partial charge in [0.1, 0.15) is 0 Å². The summed E-state index contributed by atoms with van der Waals surface area (Å²) >= 11 is 0. The maximum atomic E-state index is 4.53. The molecule has 5 aromatic rings. The zero-order chi connectivity index (χ0) is 15.2. The highest BCUT2D eigenvalue weighted by molar-refractivity contribution is 5.95. The third kappa shape index (κ3) is 1.82. The Morgan fingerprint density at radius 1 is 0.913 bits per heavy atom. The van der Waals surface area contributed by atoms with E-state index in [1.165, 1.54) is 5.39 Å². The lowest BCUT2D eigenvalue weighted by Crippen LogP contribution is -1.88. The van der Waals surface area contributed by atoms with Gasteiger partial charge in [-0.3, -0.25) is 5.10 Å². The van der Waals surface area contributed by atoms with Gasteiger partial charge in [-0.15, -0.1) is 0 Å². The summed E-state index contributed by atoms with van der Waals surface area (Å²) in [6, 6.07) is 20.7. The number of fused-ring (bicyclic) bond motifs is 2. The van der Waals surface area contributed by atoms with E-state index in [4.69, 9.17) is 0 Å². The van der Waals surface area contributed by atoms with Crippen molar-refractivity contribution in [2.75, 3.05) is 0 Å². The molecule has 2 N–H and O–H groups in total. The van der Waals surface area contributed by atoms with E-state index in [1.54, 1.807) is 0 Å². The van der Waals surface area contributed by atoms with E-state index >= 15 is 0 Å². The Bertz CT molecular complexity index is 1110. The fourth-order valence-electron chi connectivity index (χ4n) is 3.11. The van der Waals surface area contributed by atoms with Crippen molar-refractivity contribution >= 4 is 16.6 Å². The van der Waals surface area contributed by atoms with Gasteiger partial charge in [-0.25, -0.2) is 9.50 Å². The van der Waals surface area contributed by atoms with Crippen molar-refractivity contribution in [1.29, 1.82) is 0 Å². The van der Waals surface area contributed by atoms with E-state index in [9.17, 15) is 0 Å². The molecule has 3 aromatic heterocycles. The van der Waals surface area contributed by atoms with E-state index < -0.39 is 0 Å². The molecule has 0 aliphatic heterocycles. The summed E-state index contributed by atoms with van der Waals surface area (Å²) in [5.74, 6) is 0. The molecule has 0 atom stereocenters. The van der Waals surface area contributed by atoms with Gasteiger partial charge < -0.3 is 4.98 Å². The van der Waals surface area contributed by atoms with E-state index in [-0.39, 0.29) is 0 Å². The molecule has 4 nitrogen and oxygen atoms in total. The van der Waals surface area contributed by atoms with Crippen LogP contribution in [0.3, 0.4) is 0 Å². The van der Waals surface area contributed by atoms with Crippen LogP contribution >= 0.6 is 0 Å². The fourth-order valence-corrected chi connectivity index (χ4v) is 3.11. The Hall–Kier alpha value is -3.27. The van der Waals surface area contributed by atoms with Gasteiger partial charge in [0.05, 0.1) is 17.6 Å².